The number of benzene rings is 2. The number of rotatable bonds is 8. The van der Waals surface area contributed by atoms with Crippen molar-refractivity contribution in [1.82, 2.24) is 20.2 Å². The molecule has 1 aliphatic carbocycles. The number of alkyl halides is 1. The Hall–Kier alpha value is -2.49. The Labute approximate surface area is 256 Å². The van der Waals surface area contributed by atoms with E-state index >= 15 is 0 Å². The van der Waals surface area contributed by atoms with Crippen molar-refractivity contribution < 1.29 is 9.13 Å². The average molecular weight is 638 g/mol. The van der Waals surface area contributed by atoms with E-state index in [0.717, 1.165) is 87.5 Å². The fourth-order valence-corrected chi connectivity index (χ4v) is 7.66. The van der Waals surface area contributed by atoms with E-state index in [1.165, 1.54) is 22.0 Å². The average Bonchev–Trinajstić information content (AvgIpc) is 3.65. The largest absolute Gasteiger partial charge is 0.463 e. The molecule has 224 valence electrons. The number of ether oxygens (including phenoxy) is 1. The summed E-state index contributed by atoms with van der Waals surface area (Å²) in [6, 6.07) is 13.4. The first-order valence-electron chi connectivity index (χ1n) is 15.6. The summed E-state index contributed by atoms with van der Waals surface area (Å²) in [5.41, 5.74) is 3.69. The number of hydrogen-bond acceptors (Lipinski definition) is 7. The number of fused-ring (bicyclic) bond motifs is 2. The lowest BCUT2D eigenvalue weighted by Crippen LogP contribution is -2.59. The number of aromatic nitrogens is 2. The van der Waals surface area contributed by atoms with Gasteiger partial charge in [0.05, 0.1) is 18.8 Å². The third-order valence-corrected chi connectivity index (χ3v) is 10.6. The van der Waals surface area contributed by atoms with Gasteiger partial charge in [0.1, 0.15) is 12.0 Å². The van der Waals surface area contributed by atoms with Crippen LogP contribution >= 0.6 is 15.9 Å². The molecule has 9 heteroatoms. The summed E-state index contributed by atoms with van der Waals surface area (Å²) in [5, 5.41) is 6.19. The lowest BCUT2D eigenvalue weighted by Gasteiger charge is -2.43. The summed E-state index contributed by atoms with van der Waals surface area (Å²) in [4.78, 5) is 17.4. The van der Waals surface area contributed by atoms with Gasteiger partial charge < -0.3 is 19.9 Å². The Balaban J connectivity index is 1.19. The maximum absolute atomic E-state index is 13.8. The molecule has 7 nitrogen and oxygen atoms in total. The van der Waals surface area contributed by atoms with Gasteiger partial charge >= 0.3 is 6.01 Å². The Kier molecular flexibility index (Phi) is 7.55. The van der Waals surface area contributed by atoms with Gasteiger partial charge in [-0.15, -0.1) is 0 Å². The maximum atomic E-state index is 13.8. The molecule has 42 heavy (non-hydrogen) atoms. The molecule has 3 aliphatic heterocycles. The summed E-state index contributed by atoms with van der Waals surface area (Å²) in [7, 11) is 0. The van der Waals surface area contributed by atoms with Crippen LogP contribution in [0.25, 0.3) is 10.8 Å². The second kappa shape index (κ2) is 11.2. The predicted octanol–water partition coefficient (Wildman–Crippen LogP) is 5.74. The molecule has 0 bridgehead atoms. The SMILES string of the molecule is CCC1(C)CN(c2nc(OCC3(CN4CC[C@@H](F)C4)CC3)nc3c2CCN(c2cccc4cccc(Br)c24)C3)CCN1. The number of nitrogens with one attached hydrogen (secondary N) is 1. The van der Waals surface area contributed by atoms with Gasteiger partial charge in [-0.1, -0.05) is 47.1 Å². The first-order valence-corrected chi connectivity index (χ1v) is 16.4. The van der Waals surface area contributed by atoms with Gasteiger partial charge in [0.2, 0.25) is 0 Å². The number of halogens is 2. The van der Waals surface area contributed by atoms with Crippen LogP contribution in [0, 0.1) is 5.41 Å². The molecule has 0 radical (unpaired) electrons. The van der Waals surface area contributed by atoms with E-state index in [0.29, 0.717) is 25.6 Å². The van der Waals surface area contributed by atoms with Gasteiger partial charge in [-0.05, 0) is 56.5 Å². The molecule has 1 aromatic heterocycles. The minimum absolute atomic E-state index is 0.0507. The summed E-state index contributed by atoms with van der Waals surface area (Å²) in [6.07, 6.45) is 4.15. The van der Waals surface area contributed by atoms with Crippen molar-refractivity contribution in [3.05, 3.63) is 52.1 Å². The van der Waals surface area contributed by atoms with E-state index in [4.69, 9.17) is 14.7 Å². The zero-order chi connectivity index (χ0) is 28.9. The molecule has 2 aromatic carbocycles. The van der Waals surface area contributed by atoms with Crippen LogP contribution in [-0.4, -0.2) is 79.0 Å². The van der Waals surface area contributed by atoms with Gasteiger partial charge in [-0.25, -0.2) is 4.39 Å². The number of anilines is 2. The van der Waals surface area contributed by atoms with Crippen LogP contribution in [0.1, 0.15) is 50.8 Å². The fourth-order valence-electron chi connectivity index (χ4n) is 7.07. The van der Waals surface area contributed by atoms with Gasteiger partial charge in [-0.3, -0.25) is 4.90 Å². The number of hydrogen-bond donors (Lipinski definition) is 1. The van der Waals surface area contributed by atoms with Gasteiger partial charge in [0, 0.05) is 77.9 Å². The monoisotopic (exact) mass is 636 g/mol. The van der Waals surface area contributed by atoms with E-state index in [1.807, 2.05) is 0 Å². The second-order valence-electron chi connectivity index (χ2n) is 13.2. The van der Waals surface area contributed by atoms with Gasteiger partial charge in [-0.2, -0.15) is 9.97 Å². The van der Waals surface area contributed by atoms with Crippen molar-refractivity contribution in [1.29, 1.82) is 0 Å². The van der Waals surface area contributed by atoms with Crippen LogP contribution in [-0.2, 0) is 13.0 Å². The predicted molar refractivity (Wildman–Crippen MR) is 170 cm³/mol. The highest BCUT2D eigenvalue weighted by Gasteiger charge is 2.46. The Morgan fingerprint density at radius 1 is 1.10 bits per heavy atom. The molecule has 7 rings (SSSR count). The lowest BCUT2D eigenvalue weighted by molar-refractivity contribution is 0.164. The van der Waals surface area contributed by atoms with Crippen molar-refractivity contribution in [3.63, 3.8) is 0 Å². The fraction of sp³-hybridized carbons (Fsp3) is 0.576. The van der Waals surface area contributed by atoms with Crippen LogP contribution in [0.4, 0.5) is 15.9 Å². The van der Waals surface area contributed by atoms with E-state index < -0.39 is 6.17 Å². The molecule has 0 spiro atoms. The molecule has 4 heterocycles. The normalized spacial score (nSPS) is 25.6. The van der Waals surface area contributed by atoms with Gasteiger partial charge in [0.25, 0.3) is 0 Å². The lowest BCUT2D eigenvalue weighted by atomic mass is 9.95. The highest BCUT2D eigenvalue weighted by Crippen LogP contribution is 2.47. The van der Waals surface area contributed by atoms with Crippen LogP contribution in [0.2, 0.25) is 0 Å². The highest BCUT2D eigenvalue weighted by molar-refractivity contribution is 9.10. The van der Waals surface area contributed by atoms with Crippen LogP contribution < -0.4 is 19.9 Å². The zero-order valence-electron chi connectivity index (χ0n) is 24.8. The number of likely N-dealkylation sites (tertiary alicyclic amines) is 1. The van der Waals surface area contributed by atoms with Crippen molar-refractivity contribution in [2.24, 2.45) is 5.41 Å². The summed E-state index contributed by atoms with van der Waals surface area (Å²) >= 11 is 3.81. The molecule has 1 saturated carbocycles. The van der Waals surface area contributed by atoms with Crippen molar-refractivity contribution in [2.45, 2.75) is 64.2 Å². The first kappa shape index (κ1) is 28.3. The molecule has 2 saturated heterocycles. The minimum Gasteiger partial charge on any atom is -0.463 e. The zero-order valence-corrected chi connectivity index (χ0v) is 26.4. The third-order valence-electron chi connectivity index (χ3n) is 9.99. The third kappa shape index (κ3) is 5.60. The van der Waals surface area contributed by atoms with E-state index in [9.17, 15) is 4.39 Å². The smallest absolute Gasteiger partial charge is 0.318 e. The molecule has 0 amide bonds. The molecule has 2 atom stereocenters. The molecule has 3 aromatic rings. The van der Waals surface area contributed by atoms with E-state index in [2.05, 4.69) is 86.2 Å². The maximum Gasteiger partial charge on any atom is 0.318 e. The second-order valence-corrected chi connectivity index (χ2v) is 14.1. The Morgan fingerprint density at radius 2 is 1.93 bits per heavy atom. The Morgan fingerprint density at radius 3 is 2.69 bits per heavy atom. The molecule has 3 fully saturated rings. The summed E-state index contributed by atoms with van der Waals surface area (Å²) in [5.74, 6) is 1.04. The van der Waals surface area contributed by atoms with Crippen molar-refractivity contribution in [2.75, 3.05) is 62.2 Å². The Bertz CT molecular complexity index is 1460. The van der Waals surface area contributed by atoms with Crippen LogP contribution in [0.5, 0.6) is 6.01 Å². The quantitative estimate of drug-likeness (QED) is 0.339. The molecular formula is C33H42BrFN6O. The highest BCUT2D eigenvalue weighted by atomic mass is 79.9. The first-order chi connectivity index (χ1) is 20.3. The molecule has 1 N–H and O–H groups in total. The molecular weight excluding hydrogens is 595 g/mol. The number of piperazine rings is 1. The van der Waals surface area contributed by atoms with E-state index in [-0.39, 0.29) is 11.0 Å². The topological polar surface area (TPSA) is 56.8 Å². The van der Waals surface area contributed by atoms with Crippen molar-refractivity contribution in [3.8, 4) is 6.01 Å². The standard InChI is InChI=1S/C33H42BrFN6O/c1-3-32(2)20-41(17-14-36-32)30-25-11-16-40(28-9-5-7-23-6-4-8-26(34)29(23)28)19-27(25)37-31(38-30)42-22-33(12-13-33)21-39-15-10-24(35)18-39/h4-9,24,36H,3,10-22H2,1-2H3/t24-,32?/m1/s1. The number of nitrogens with zero attached hydrogens (tertiary/aromatic N) is 5. The minimum atomic E-state index is -0.689. The molecule has 4 aliphatic rings. The van der Waals surface area contributed by atoms with Crippen LogP contribution in [0.3, 0.4) is 0 Å². The van der Waals surface area contributed by atoms with Crippen LogP contribution in [0.15, 0.2) is 40.9 Å². The summed E-state index contributed by atoms with van der Waals surface area (Å²) < 4.78 is 21.4. The van der Waals surface area contributed by atoms with E-state index in [1.54, 1.807) is 0 Å². The van der Waals surface area contributed by atoms with Gasteiger partial charge in [0.15, 0.2) is 0 Å². The summed E-state index contributed by atoms with van der Waals surface area (Å²) in [6.45, 7) is 11.9. The molecule has 1 unspecified atom stereocenters. The van der Waals surface area contributed by atoms with Crippen molar-refractivity contribution >= 4 is 38.2 Å².